The first-order valence-corrected chi connectivity index (χ1v) is 10.8. The van der Waals surface area contributed by atoms with Crippen molar-refractivity contribution in [2.24, 2.45) is 0 Å². The molecule has 0 spiro atoms. The van der Waals surface area contributed by atoms with E-state index in [0.717, 1.165) is 5.56 Å². The fourth-order valence-corrected chi connectivity index (χ4v) is 4.12. The monoisotopic (exact) mass is 444 g/mol. The molecule has 5 nitrogen and oxygen atoms in total. The lowest BCUT2D eigenvalue weighted by atomic mass is 10.1. The van der Waals surface area contributed by atoms with Crippen molar-refractivity contribution in [2.45, 2.75) is 12.6 Å². The summed E-state index contributed by atoms with van der Waals surface area (Å²) < 4.78 is 11.3. The highest BCUT2D eigenvalue weighted by Gasteiger charge is 2.18. The van der Waals surface area contributed by atoms with Crippen molar-refractivity contribution in [3.63, 3.8) is 0 Å². The Kier molecular flexibility index (Phi) is 7.74. The summed E-state index contributed by atoms with van der Waals surface area (Å²) in [4.78, 5) is 16.0. The molecule has 1 atom stereocenters. The summed E-state index contributed by atoms with van der Waals surface area (Å²) in [6.07, 6.45) is 0. The third-order valence-corrected chi connectivity index (χ3v) is 6.06. The molecule has 3 rings (SSSR count). The minimum atomic E-state index is -0.158. The highest BCUT2D eigenvalue weighted by atomic mass is 35.5. The van der Waals surface area contributed by atoms with E-state index in [-0.39, 0.29) is 11.9 Å². The number of amides is 1. The molecule has 2 aromatic carbocycles. The van der Waals surface area contributed by atoms with Crippen LogP contribution in [0.4, 0.5) is 0 Å². The van der Waals surface area contributed by atoms with Crippen LogP contribution in [0.15, 0.2) is 60.0 Å². The standard InChI is InChI=1S/C23H25ClN2O3S/c1-26(2)19(22-9-6-12-30-22)14-25-23(27)16-10-11-20(21(13-16)28-3)29-15-17-7-4-5-8-18(17)24/h4-13,19H,14-15H2,1-3H3,(H,25,27). The van der Waals surface area contributed by atoms with E-state index in [9.17, 15) is 4.79 Å². The maximum atomic E-state index is 12.7. The Hall–Kier alpha value is -2.54. The van der Waals surface area contributed by atoms with Crippen molar-refractivity contribution in [3.05, 3.63) is 81.0 Å². The normalized spacial score (nSPS) is 11.9. The molecular formula is C23H25ClN2O3S. The number of hydrogen-bond donors (Lipinski definition) is 1. The molecule has 0 bridgehead atoms. The quantitative estimate of drug-likeness (QED) is 0.503. The van der Waals surface area contributed by atoms with Gasteiger partial charge >= 0.3 is 0 Å². The van der Waals surface area contributed by atoms with Gasteiger partial charge in [0, 0.05) is 27.6 Å². The van der Waals surface area contributed by atoms with Gasteiger partial charge in [0.2, 0.25) is 0 Å². The molecule has 1 N–H and O–H groups in total. The van der Waals surface area contributed by atoms with Crippen molar-refractivity contribution in [1.82, 2.24) is 10.2 Å². The molecule has 0 saturated carbocycles. The Bertz CT molecular complexity index is 976. The molecule has 3 aromatic rings. The number of ether oxygens (including phenoxy) is 2. The molecule has 7 heteroatoms. The Morgan fingerprint density at radius 3 is 2.60 bits per heavy atom. The number of methoxy groups -OCH3 is 1. The Labute approximate surface area is 186 Å². The number of likely N-dealkylation sites (N-methyl/N-ethyl adjacent to an activating group) is 1. The van der Waals surface area contributed by atoms with E-state index in [4.69, 9.17) is 21.1 Å². The van der Waals surface area contributed by atoms with Gasteiger partial charge in [-0.25, -0.2) is 0 Å². The molecule has 0 fully saturated rings. The van der Waals surface area contributed by atoms with Gasteiger partial charge in [-0.15, -0.1) is 11.3 Å². The zero-order chi connectivity index (χ0) is 21.5. The summed E-state index contributed by atoms with van der Waals surface area (Å²) in [5.41, 5.74) is 1.40. The van der Waals surface area contributed by atoms with E-state index < -0.39 is 0 Å². The number of nitrogens with one attached hydrogen (secondary N) is 1. The van der Waals surface area contributed by atoms with Crippen LogP contribution in [-0.4, -0.2) is 38.6 Å². The molecule has 0 aliphatic heterocycles. The number of halogens is 1. The molecular weight excluding hydrogens is 420 g/mol. The number of carbonyl (C=O) groups excluding carboxylic acids is 1. The zero-order valence-electron chi connectivity index (χ0n) is 17.2. The van der Waals surface area contributed by atoms with Gasteiger partial charge in [0.25, 0.3) is 5.91 Å². The highest BCUT2D eigenvalue weighted by Crippen LogP contribution is 2.30. The van der Waals surface area contributed by atoms with Gasteiger partial charge in [-0.2, -0.15) is 0 Å². The molecule has 0 radical (unpaired) electrons. The molecule has 0 aliphatic rings. The molecule has 30 heavy (non-hydrogen) atoms. The van der Waals surface area contributed by atoms with Crippen molar-refractivity contribution in [3.8, 4) is 11.5 Å². The van der Waals surface area contributed by atoms with E-state index in [2.05, 4.69) is 16.3 Å². The number of carbonyl (C=O) groups is 1. The second kappa shape index (κ2) is 10.5. The van der Waals surface area contributed by atoms with Crippen LogP contribution in [0.1, 0.15) is 26.8 Å². The fraction of sp³-hybridized carbons (Fsp3) is 0.261. The Morgan fingerprint density at radius 2 is 1.93 bits per heavy atom. The molecule has 0 aliphatic carbocycles. The predicted molar refractivity (Wildman–Crippen MR) is 122 cm³/mol. The molecule has 158 valence electrons. The number of rotatable bonds is 9. The Morgan fingerprint density at radius 1 is 1.13 bits per heavy atom. The van der Waals surface area contributed by atoms with E-state index in [1.807, 2.05) is 49.8 Å². The smallest absolute Gasteiger partial charge is 0.251 e. The third-order valence-electron chi connectivity index (χ3n) is 4.72. The number of thiophene rings is 1. The van der Waals surface area contributed by atoms with Crippen LogP contribution >= 0.6 is 22.9 Å². The molecule has 0 saturated heterocycles. The lowest BCUT2D eigenvalue weighted by Gasteiger charge is -2.23. The van der Waals surface area contributed by atoms with Gasteiger partial charge < -0.3 is 19.7 Å². The van der Waals surface area contributed by atoms with Gasteiger partial charge in [-0.3, -0.25) is 4.79 Å². The van der Waals surface area contributed by atoms with Crippen molar-refractivity contribution >= 4 is 28.8 Å². The SMILES string of the molecule is COc1cc(C(=O)NCC(c2cccs2)N(C)C)ccc1OCc1ccccc1Cl. The van der Waals surface area contributed by atoms with Crippen LogP contribution in [-0.2, 0) is 6.61 Å². The minimum absolute atomic E-state index is 0.120. The number of nitrogens with zero attached hydrogens (tertiary/aromatic N) is 1. The van der Waals surface area contributed by atoms with Gasteiger partial charge in [0.1, 0.15) is 6.61 Å². The van der Waals surface area contributed by atoms with Gasteiger partial charge in [0.15, 0.2) is 11.5 Å². The first-order chi connectivity index (χ1) is 14.5. The Balaban J connectivity index is 1.66. The van der Waals surface area contributed by atoms with Crippen LogP contribution < -0.4 is 14.8 Å². The maximum Gasteiger partial charge on any atom is 0.251 e. The van der Waals surface area contributed by atoms with Crippen molar-refractivity contribution in [2.75, 3.05) is 27.7 Å². The first kappa shape index (κ1) is 22.2. The van der Waals surface area contributed by atoms with E-state index >= 15 is 0 Å². The lowest BCUT2D eigenvalue weighted by molar-refractivity contribution is 0.0942. The topological polar surface area (TPSA) is 50.8 Å². The average molecular weight is 445 g/mol. The summed E-state index contributed by atoms with van der Waals surface area (Å²) in [6.45, 7) is 0.826. The zero-order valence-corrected chi connectivity index (χ0v) is 18.8. The average Bonchev–Trinajstić information content (AvgIpc) is 3.27. The highest BCUT2D eigenvalue weighted by molar-refractivity contribution is 7.10. The van der Waals surface area contributed by atoms with E-state index in [1.54, 1.807) is 36.6 Å². The maximum absolute atomic E-state index is 12.7. The van der Waals surface area contributed by atoms with E-state index in [0.29, 0.717) is 35.2 Å². The molecule has 1 heterocycles. The number of hydrogen-bond acceptors (Lipinski definition) is 5. The van der Waals surface area contributed by atoms with Crippen LogP contribution in [0.3, 0.4) is 0 Å². The summed E-state index contributed by atoms with van der Waals surface area (Å²) >= 11 is 7.86. The first-order valence-electron chi connectivity index (χ1n) is 9.52. The predicted octanol–water partition coefficient (Wildman–Crippen LogP) is 5.02. The van der Waals surface area contributed by atoms with Crippen LogP contribution in [0.2, 0.25) is 5.02 Å². The molecule has 1 aromatic heterocycles. The van der Waals surface area contributed by atoms with Gasteiger partial charge in [-0.05, 0) is 49.8 Å². The summed E-state index contributed by atoms with van der Waals surface area (Å²) in [7, 11) is 5.56. The third kappa shape index (κ3) is 5.53. The molecule has 1 unspecified atom stereocenters. The summed E-state index contributed by atoms with van der Waals surface area (Å²) in [5, 5.41) is 5.71. The minimum Gasteiger partial charge on any atom is -0.493 e. The molecule has 1 amide bonds. The van der Waals surface area contributed by atoms with Crippen LogP contribution in [0.5, 0.6) is 11.5 Å². The number of benzene rings is 2. The summed E-state index contributed by atoms with van der Waals surface area (Å²) in [5.74, 6) is 0.894. The van der Waals surface area contributed by atoms with Crippen LogP contribution in [0, 0.1) is 0 Å². The second-order valence-corrected chi connectivity index (χ2v) is 8.34. The van der Waals surface area contributed by atoms with Crippen LogP contribution in [0.25, 0.3) is 0 Å². The van der Waals surface area contributed by atoms with Crippen molar-refractivity contribution in [1.29, 1.82) is 0 Å². The second-order valence-electron chi connectivity index (χ2n) is 6.95. The fourth-order valence-electron chi connectivity index (χ4n) is 3.01. The largest absolute Gasteiger partial charge is 0.493 e. The lowest BCUT2D eigenvalue weighted by Crippen LogP contribution is -2.34. The van der Waals surface area contributed by atoms with Crippen molar-refractivity contribution < 1.29 is 14.3 Å². The van der Waals surface area contributed by atoms with Gasteiger partial charge in [-0.1, -0.05) is 35.9 Å². The van der Waals surface area contributed by atoms with E-state index in [1.165, 1.54) is 4.88 Å². The summed E-state index contributed by atoms with van der Waals surface area (Å²) in [6, 6.07) is 16.9. The van der Waals surface area contributed by atoms with Gasteiger partial charge in [0.05, 0.1) is 13.2 Å².